The minimum Gasteiger partial charge on any atom is -0.451 e. The third-order valence-corrected chi connectivity index (χ3v) is 1.52. The molecular weight excluding hydrogens is 188 g/mol. The van der Waals surface area contributed by atoms with Gasteiger partial charge in [0.15, 0.2) is 12.0 Å². The Balaban J connectivity index is 3.02. The first-order valence-corrected chi connectivity index (χ1v) is 4.00. The third-order valence-electron chi connectivity index (χ3n) is 1.52. The van der Waals surface area contributed by atoms with Crippen molar-refractivity contribution in [2.45, 2.75) is 20.0 Å². The molecule has 0 spiro atoms. The van der Waals surface area contributed by atoms with Gasteiger partial charge in [0, 0.05) is 13.0 Å². The Morgan fingerprint density at radius 3 is 2.79 bits per heavy atom. The number of carbonyl (C=O) groups is 2. The van der Waals surface area contributed by atoms with Crippen LogP contribution in [0.25, 0.3) is 0 Å². The van der Waals surface area contributed by atoms with Gasteiger partial charge in [0.25, 0.3) is 0 Å². The van der Waals surface area contributed by atoms with Gasteiger partial charge in [-0.25, -0.2) is 0 Å². The van der Waals surface area contributed by atoms with Gasteiger partial charge >= 0.3 is 5.97 Å². The van der Waals surface area contributed by atoms with Crippen molar-refractivity contribution < 1.29 is 23.8 Å². The van der Waals surface area contributed by atoms with Crippen LogP contribution in [0.4, 0.5) is 0 Å². The Labute approximate surface area is 80.3 Å². The van der Waals surface area contributed by atoms with Crippen molar-refractivity contribution in [3.63, 3.8) is 0 Å². The van der Waals surface area contributed by atoms with E-state index < -0.39 is 12.1 Å². The van der Waals surface area contributed by atoms with E-state index in [1.165, 1.54) is 19.9 Å². The van der Waals surface area contributed by atoms with Crippen LogP contribution in [0, 0.1) is 0 Å². The monoisotopic (exact) mass is 198 g/mol. The van der Waals surface area contributed by atoms with Crippen LogP contribution in [0.3, 0.4) is 0 Å². The number of hydrogen-bond donors (Lipinski definition) is 1. The van der Waals surface area contributed by atoms with Gasteiger partial charge < -0.3 is 14.3 Å². The van der Waals surface area contributed by atoms with E-state index >= 15 is 0 Å². The molecule has 0 aromatic carbocycles. The highest BCUT2D eigenvalue weighted by Crippen LogP contribution is 2.26. The lowest BCUT2D eigenvalue weighted by Gasteiger charge is -1.95. The average Bonchev–Trinajstić information content (AvgIpc) is 2.46. The first-order valence-electron chi connectivity index (χ1n) is 4.00. The SMILES string of the molecule is CC(=O)Oc1cc(C(C)O)oc1C=O. The molecule has 1 atom stereocenters. The summed E-state index contributed by atoms with van der Waals surface area (Å²) in [5.74, 6) is -0.436. The lowest BCUT2D eigenvalue weighted by atomic mass is 10.3. The smallest absolute Gasteiger partial charge is 0.308 e. The zero-order valence-electron chi connectivity index (χ0n) is 7.81. The molecule has 76 valence electrons. The highest BCUT2D eigenvalue weighted by molar-refractivity contribution is 5.78. The lowest BCUT2D eigenvalue weighted by Crippen LogP contribution is -2.01. The van der Waals surface area contributed by atoms with Gasteiger partial charge in [-0.05, 0) is 6.92 Å². The van der Waals surface area contributed by atoms with Gasteiger partial charge in [-0.3, -0.25) is 9.59 Å². The molecule has 14 heavy (non-hydrogen) atoms. The lowest BCUT2D eigenvalue weighted by molar-refractivity contribution is -0.131. The van der Waals surface area contributed by atoms with Gasteiger partial charge in [0.2, 0.25) is 5.76 Å². The summed E-state index contributed by atoms with van der Waals surface area (Å²) in [5, 5.41) is 9.14. The number of aldehydes is 1. The standard InChI is InChI=1S/C9H10O5/c1-5(11)7-3-8(13-6(2)12)9(4-10)14-7/h3-5,11H,1-2H3. The summed E-state index contributed by atoms with van der Waals surface area (Å²) in [6.45, 7) is 2.69. The molecule has 0 aliphatic carbocycles. The van der Waals surface area contributed by atoms with Crippen LogP contribution in [-0.4, -0.2) is 17.4 Å². The minimum absolute atomic E-state index is 0.0309. The van der Waals surface area contributed by atoms with Crippen LogP contribution in [0.2, 0.25) is 0 Å². The fourth-order valence-electron chi connectivity index (χ4n) is 0.930. The second-order valence-corrected chi connectivity index (χ2v) is 2.76. The average molecular weight is 198 g/mol. The van der Waals surface area contributed by atoms with Gasteiger partial charge in [0.1, 0.15) is 11.9 Å². The van der Waals surface area contributed by atoms with Crippen LogP contribution in [-0.2, 0) is 4.79 Å². The highest BCUT2D eigenvalue weighted by atomic mass is 16.5. The largest absolute Gasteiger partial charge is 0.451 e. The normalized spacial score (nSPS) is 12.2. The van der Waals surface area contributed by atoms with Gasteiger partial charge in [-0.15, -0.1) is 0 Å². The second-order valence-electron chi connectivity index (χ2n) is 2.76. The number of rotatable bonds is 3. The number of aliphatic hydroxyl groups is 1. The number of ether oxygens (including phenoxy) is 1. The van der Waals surface area contributed by atoms with Crippen molar-refractivity contribution in [3.8, 4) is 5.75 Å². The summed E-state index contributed by atoms with van der Waals surface area (Å²) in [4.78, 5) is 21.1. The van der Waals surface area contributed by atoms with Gasteiger partial charge in [0.05, 0.1) is 0 Å². The van der Waals surface area contributed by atoms with Crippen molar-refractivity contribution in [1.82, 2.24) is 0 Å². The minimum atomic E-state index is -0.849. The fraction of sp³-hybridized carbons (Fsp3) is 0.333. The van der Waals surface area contributed by atoms with E-state index in [0.717, 1.165) is 0 Å². The first kappa shape index (κ1) is 10.5. The van der Waals surface area contributed by atoms with Crippen molar-refractivity contribution in [2.24, 2.45) is 0 Å². The summed E-state index contributed by atoms with van der Waals surface area (Å²) >= 11 is 0. The highest BCUT2D eigenvalue weighted by Gasteiger charge is 2.16. The first-order chi connectivity index (χ1) is 6.54. The molecule has 0 radical (unpaired) electrons. The zero-order chi connectivity index (χ0) is 10.7. The number of hydrogen-bond acceptors (Lipinski definition) is 5. The maximum atomic E-state index is 10.6. The van der Waals surface area contributed by atoms with Crippen LogP contribution >= 0.6 is 0 Å². The van der Waals surface area contributed by atoms with Gasteiger partial charge in [-0.1, -0.05) is 0 Å². The molecule has 0 fully saturated rings. The molecule has 1 rings (SSSR count). The quantitative estimate of drug-likeness (QED) is 0.580. The molecular formula is C9H10O5. The van der Waals surface area contributed by atoms with Crippen molar-refractivity contribution in [1.29, 1.82) is 0 Å². The van der Waals surface area contributed by atoms with E-state index in [2.05, 4.69) is 0 Å². The Kier molecular flexibility index (Phi) is 3.03. The number of carbonyl (C=O) groups excluding carboxylic acids is 2. The Bertz CT molecular complexity index is 350. The van der Waals surface area contributed by atoms with E-state index in [1.807, 2.05) is 0 Å². The number of furan rings is 1. The van der Waals surface area contributed by atoms with Crippen LogP contribution in [0.1, 0.15) is 36.3 Å². The predicted octanol–water partition coefficient (Wildman–Crippen LogP) is 1.07. The molecule has 0 bridgehead atoms. The van der Waals surface area contributed by atoms with Crippen LogP contribution in [0.5, 0.6) is 5.75 Å². The Hall–Kier alpha value is -1.62. The van der Waals surface area contributed by atoms with Crippen LogP contribution in [0.15, 0.2) is 10.5 Å². The van der Waals surface area contributed by atoms with E-state index in [9.17, 15) is 9.59 Å². The molecule has 1 aromatic heterocycles. The summed E-state index contributed by atoms with van der Waals surface area (Å²) in [5.41, 5.74) is 0. The maximum Gasteiger partial charge on any atom is 0.308 e. The summed E-state index contributed by atoms with van der Waals surface area (Å²) in [6.07, 6.45) is -0.428. The molecule has 0 amide bonds. The Morgan fingerprint density at radius 2 is 2.36 bits per heavy atom. The van der Waals surface area contributed by atoms with Crippen molar-refractivity contribution in [3.05, 3.63) is 17.6 Å². The number of esters is 1. The van der Waals surface area contributed by atoms with E-state index in [4.69, 9.17) is 14.3 Å². The predicted molar refractivity (Wildman–Crippen MR) is 46.0 cm³/mol. The molecule has 5 nitrogen and oxygen atoms in total. The molecule has 5 heteroatoms. The molecule has 0 aliphatic rings. The topological polar surface area (TPSA) is 76.7 Å². The zero-order valence-corrected chi connectivity index (χ0v) is 7.81. The van der Waals surface area contributed by atoms with E-state index in [0.29, 0.717) is 6.29 Å². The molecule has 1 N–H and O–H groups in total. The molecule has 0 aliphatic heterocycles. The molecule has 1 heterocycles. The van der Waals surface area contributed by atoms with Gasteiger partial charge in [-0.2, -0.15) is 0 Å². The van der Waals surface area contributed by atoms with Crippen molar-refractivity contribution >= 4 is 12.3 Å². The third kappa shape index (κ3) is 2.20. The number of aliphatic hydroxyl groups excluding tert-OH is 1. The van der Waals surface area contributed by atoms with Crippen LogP contribution < -0.4 is 4.74 Å². The molecule has 1 aromatic rings. The van der Waals surface area contributed by atoms with Crippen molar-refractivity contribution in [2.75, 3.05) is 0 Å². The fourth-order valence-corrected chi connectivity index (χ4v) is 0.930. The summed E-state index contributed by atoms with van der Waals surface area (Å²) in [6, 6.07) is 1.32. The van der Waals surface area contributed by atoms with E-state index in [-0.39, 0.29) is 17.3 Å². The Morgan fingerprint density at radius 1 is 1.71 bits per heavy atom. The summed E-state index contributed by atoms with van der Waals surface area (Å²) < 4.78 is 9.62. The van der Waals surface area contributed by atoms with E-state index in [1.54, 1.807) is 0 Å². The second kappa shape index (κ2) is 4.06. The molecule has 0 saturated carbocycles. The maximum absolute atomic E-state index is 10.6. The molecule has 0 saturated heterocycles. The molecule has 1 unspecified atom stereocenters. The summed E-state index contributed by atoms with van der Waals surface area (Å²) in [7, 11) is 0.